The predicted octanol–water partition coefficient (Wildman–Crippen LogP) is 3.47. The molecule has 1 amide bonds. The molecule has 6 heteroatoms. The molecule has 0 fully saturated rings. The summed E-state index contributed by atoms with van der Waals surface area (Å²) in [6, 6.07) is 8.18. The van der Waals surface area contributed by atoms with E-state index in [-0.39, 0.29) is 24.0 Å². The second-order valence-electron chi connectivity index (χ2n) is 5.50. The summed E-state index contributed by atoms with van der Waals surface area (Å²) in [6.07, 6.45) is 3.01. The summed E-state index contributed by atoms with van der Waals surface area (Å²) in [6.45, 7) is 3.85. The SMILES string of the molecule is Cc1c(C(=O)NC[C@H](C)Oc2cccnc2)oc2c(F)cccc12. The van der Waals surface area contributed by atoms with Crippen molar-refractivity contribution in [1.29, 1.82) is 0 Å². The van der Waals surface area contributed by atoms with Crippen LogP contribution in [0.15, 0.2) is 47.1 Å². The van der Waals surface area contributed by atoms with E-state index in [4.69, 9.17) is 9.15 Å². The van der Waals surface area contributed by atoms with Crippen LogP contribution in [0.2, 0.25) is 0 Å². The van der Waals surface area contributed by atoms with Gasteiger partial charge in [-0.25, -0.2) is 4.39 Å². The molecule has 124 valence electrons. The molecule has 0 saturated carbocycles. The van der Waals surface area contributed by atoms with Gasteiger partial charge in [-0.3, -0.25) is 9.78 Å². The molecule has 1 aromatic carbocycles. The van der Waals surface area contributed by atoms with Crippen LogP contribution in [0.4, 0.5) is 4.39 Å². The number of furan rings is 1. The average Bonchev–Trinajstić information content (AvgIpc) is 2.92. The highest BCUT2D eigenvalue weighted by atomic mass is 19.1. The van der Waals surface area contributed by atoms with Crippen molar-refractivity contribution >= 4 is 16.9 Å². The number of carbonyl (C=O) groups excluding carboxylic acids is 1. The number of para-hydroxylation sites is 1. The molecule has 0 spiro atoms. The van der Waals surface area contributed by atoms with Crippen LogP contribution >= 0.6 is 0 Å². The molecule has 1 atom stereocenters. The molecular weight excluding hydrogens is 311 g/mol. The molecule has 0 radical (unpaired) electrons. The molecular formula is C18H17FN2O3. The Bertz CT molecular complexity index is 861. The van der Waals surface area contributed by atoms with Crippen molar-refractivity contribution < 1.29 is 18.3 Å². The Morgan fingerprint density at radius 3 is 2.92 bits per heavy atom. The molecule has 0 bridgehead atoms. The first-order chi connectivity index (χ1) is 11.6. The first-order valence-electron chi connectivity index (χ1n) is 7.58. The lowest BCUT2D eigenvalue weighted by atomic mass is 10.1. The van der Waals surface area contributed by atoms with E-state index in [2.05, 4.69) is 10.3 Å². The Balaban J connectivity index is 1.67. The molecule has 2 aromatic heterocycles. The molecule has 3 rings (SSSR count). The summed E-state index contributed by atoms with van der Waals surface area (Å²) in [7, 11) is 0. The number of benzene rings is 1. The van der Waals surface area contributed by atoms with E-state index < -0.39 is 11.7 Å². The molecule has 0 unspecified atom stereocenters. The van der Waals surface area contributed by atoms with Crippen LogP contribution in [-0.4, -0.2) is 23.5 Å². The van der Waals surface area contributed by atoms with E-state index in [1.54, 1.807) is 43.6 Å². The first kappa shape index (κ1) is 16.0. The number of amides is 1. The van der Waals surface area contributed by atoms with Crippen LogP contribution in [0.5, 0.6) is 5.75 Å². The van der Waals surface area contributed by atoms with E-state index in [9.17, 15) is 9.18 Å². The zero-order chi connectivity index (χ0) is 17.1. The van der Waals surface area contributed by atoms with Gasteiger partial charge < -0.3 is 14.5 Å². The maximum atomic E-state index is 13.7. The minimum Gasteiger partial charge on any atom is -0.487 e. The normalized spacial score (nSPS) is 12.1. The smallest absolute Gasteiger partial charge is 0.287 e. The van der Waals surface area contributed by atoms with Gasteiger partial charge in [0, 0.05) is 17.1 Å². The lowest BCUT2D eigenvalue weighted by molar-refractivity contribution is 0.0905. The maximum absolute atomic E-state index is 13.7. The van der Waals surface area contributed by atoms with Crippen molar-refractivity contribution in [3.63, 3.8) is 0 Å². The van der Waals surface area contributed by atoms with E-state index in [1.165, 1.54) is 6.07 Å². The summed E-state index contributed by atoms with van der Waals surface area (Å²) in [5.41, 5.74) is 0.711. The monoisotopic (exact) mass is 328 g/mol. The summed E-state index contributed by atoms with van der Waals surface area (Å²) in [5.74, 6) is -0.141. The van der Waals surface area contributed by atoms with E-state index in [0.717, 1.165) is 0 Å². The molecule has 0 saturated heterocycles. The molecule has 0 aliphatic rings. The zero-order valence-corrected chi connectivity index (χ0v) is 13.4. The van der Waals surface area contributed by atoms with Gasteiger partial charge in [-0.2, -0.15) is 0 Å². The molecule has 24 heavy (non-hydrogen) atoms. The number of rotatable bonds is 5. The third kappa shape index (κ3) is 3.22. The third-order valence-electron chi connectivity index (χ3n) is 3.64. The van der Waals surface area contributed by atoms with Gasteiger partial charge in [0.15, 0.2) is 17.2 Å². The molecule has 5 nitrogen and oxygen atoms in total. The fourth-order valence-electron chi connectivity index (χ4n) is 2.43. The van der Waals surface area contributed by atoms with Crippen LogP contribution in [0.1, 0.15) is 23.0 Å². The Morgan fingerprint density at radius 1 is 1.38 bits per heavy atom. The summed E-state index contributed by atoms with van der Waals surface area (Å²) in [5, 5.41) is 3.34. The molecule has 0 aliphatic heterocycles. The van der Waals surface area contributed by atoms with E-state index in [0.29, 0.717) is 16.7 Å². The number of aromatic nitrogens is 1. The van der Waals surface area contributed by atoms with Crippen molar-refractivity contribution in [3.05, 3.63) is 59.9 Å². The Kier molecular flexibility index (Phi) is 4.46. The lowest BCUT2D eigenvalue weighted by Crippen LogP contribution is -2.33. The predicted molar refractivity (Wildman–Crippen MR) is 87.6 cm³/mol. The number of fused-ring (bicyclic) bond motifs is 1. The number of hydrogen-bond acceptors (Lipinski definition) is 4. The Hall–Kier alpha value is -2.89. The van der Waals surface area contributed by atoms with Crippen molar-refractivity contribution in [2.24, 2.45) is 0 Å². The summed E-state index contributed by atoms with van der Waals surface area (Å²) < 4.78 is 24.8. The van der Waals surface area contributed by atoms with Crippen molar-refractivity contribution in [1.82, 2.24) is 10.3 Å². The maximum Gasteiger partial charge on any atom is 0.287 e. The summed E-state index contributed by atoms with van der Waals surface area (Å²) >= 11 is 0. The topological polar surface area (TPSA) is 64.4 Å². The van der Waals surface area contributed by atoms with Crippen molar-refractivity contribution in [2.45, 2.75) is 20.0 Å². The number of aryl methyl sites for hydroxylation is 1. The highest BCUT2D eigenvalue weighted by Crippen LogP contribution is 2.27. The van der Waals surface area contributed by atoms with Gasteiger partial charge in [0.05, 0.1) is 12.7 Å². The van der Waals surface area contributed by atoms with Crippen molar-refractivity contribution in [2.75, 3.05) is 6.54 Å². The van der Waals surface area contributed by atoms with E-state index in [1.807, 2.05) is 6.92 Å². The van der Waals surface area contributed by atoms with Crippen LogP contribution in [0, 0.1) is 12.7 Å². The number of nitrogens with one attached hydrogen (secondary N) is 1. The highest BCUT2D eigenvalue weighted by molar-refractivity contribution is 5.99. The zero-order valence-electron chi connectivity index (χ0n) is 13.4. The van der Waals surface area contributed by atoms with Gasteiger partial charge in [0.25, 0.3) is 5.91 Å². The third-order valence-corrected chi connectivity index (χ3v) is 3.64. The minimum absolute atomic E-state index is 0.0970. The van der Waals surface area contributed by atoms with Gasteiger partial charge in [0.1, 0.15) is 11.9 Å². The molecule has 1 N–H and O–H groups in total. The Morgan fingerprint density at radius 2 is 2.21 bits per heavy atom. The largest absolute Gasteiger partial charge is 0.487 e. The second kappa shape index (κ2) is 6.70. The van der Waals surface area contributed by atoms with Crippen LogP contribution in [0.25, 0.3) is 11.0 Å². The average molecular weight is 328 g/mol. The summed E-state index contributed by atoms with van der Waals surface area (Å²) in [4.78, 5) is 16.3. The highest BCUT2D eigenvalue weighted by Gasteiger charge is 2.20. The fourth-order valence-corrected chi connectivity index (χ4v) is 2.43. The van der Waals surface area contributed by atoms with Gasteiger partial charge in [0.2, 0.25) is 0 Å². The van der Waals surface area contributed by atoms with Gasteiger partial charge in [-0.1, -0.05) is 12.1 Å². The van der Waals surface area contributed by atoms with Crippen LogP contribution < -0.4 is 10.1 Å². The minimum atomic E-state index is -0.483. The van der Waals surface area contributed by atoms with Gasteiger partial charge in [-0.15, -0.1) is 0 Å². The number of carbonyl (C=O) groups is 1. The standard InChI is InChI=1S/C18H17FN2O3/c1-11(23-13-5-4-8-20-10-13)9-21-18(22)16-12(2)14-6-3-7-15(19)17(14)24-16/h3-8,10-11H,9H2,1-2H3,(H,21,22)/t11-/m0/s1. The molecule has 2 heterocycles. The lowest BCUT2D eigenvalue weighted by Gasteiger charge is -2.14. The van der Waals surface area contributed by atoms with Crippen LogP contribution in [-0.2, 0) is 0 Å². The second-order valence-corrected chi connectivity index (χ2v) is 5.50. The number of halogens is 1. The molecule has 3 aromatic rings. The fraction of sp³-hybridized carbons (Fsp3) is 0.222. The van der Waals surface area contributed by atoms with Gasteiger partial charge >= 0.3 is 0 Å². The van der Waals surface area contributed by atoms with E-state index >= 15 is 0 Å². The number of pyridine rings is 1. The van der Waals surface area contributed by atoms with Crippen molar-refractivity contribution in [3.8, 4) is 5.75 Å². The quantitative estimate of drug-likeness (QED) is 0.779. The first-order valence-corrected chi connectivity index (χ1v) is 7.58. The molecule has 0 aliphatic carbocycles. The Labute approximate surface area is 138 Å². The van der Waals surface area contributed by atoms with Crippen LogP contribution in [0.3, 0.4) is 0 Å². The van der Waals surface area contributed by atoms with Gasteiger partial charge in [-0.05, 0) is 32.0 Å². The number of ether oxygens (including phenoxy) is 1. The number of hydrogen-bond donors (Lipinski definition) is 1. The number of nitrogens with zero attached hydrogens (tertiary/aromatic N) is 1.